The zero-order valence-corrected chi connectivity index (χ0v) is 9.74. The van der Waals surface area contributed by atoms with Gasteiger partial charge in [-0.15, -0.1) is 0 Å². The molecule has 0 aliphatic heterocycles. The highest BCUT2D eigenvalue weighted by Gasteiger charge is 2.67. The van der Waals surface area contributed by atoms with Gasteiger partial charge in [0.1, 0.15) is 5.75 Å². The standard InChI is InChI=1S/C13H16O3/c1-8-4-5-9(6-10(8)14)13(11(15)16)7-12(13,2)3/h4-6,14H,7H2,1-3H3,(H,15,16). The van der Waals surface area contributed by atoms with E-state index in [9.17, 15) is 15.0 Å². The third-order valence-electron chi connectivity index (χ3n) is 3.80. The Morgan fingerprint density at radius 2 is 1.94 bits per heavy atom. The molecule has 1 fully saturated rings. The van der Waals surface area contributed by atoms with Gasteiger partial charge < -0.3 is 10.2 Å². The fourth-order valence-corrected chi connectivity index (χ4v) is 2.47. The van der Waals surface area contributed by atoms with Crippen molar-refractivity contribution in [1.82, 2.24) is 0 Å². The van der Waals surface area contributed by atoms with Gasteiger partial charge in [0.25, 0.3) is 0 Å². The average Bonchev–Trinajstić information content (AvgIpc) is 2.75. The Hall–Kier alpha value is -1.51. The molecule has 0 aromatic heterocycles. The van der Waals surface area contributed by atoms with Gasteiger partial charge in [-0.05, 0) is 36.0 Å². The van der Waals surface area contributed by atoms with Crippen molar-refractivity contribution >= 4 is 5.97 Å². The molecule has 1 aliphatic carbocycles. The van der Waals surface area contributed by atoms with Crippen molar-refractivity contribution in [2.24, 2.45) is 5.41 Å². The van der Waals surface area contributed by atoms with E-state index in [1.54, 1.807) is 25.1 Å². The lowest BCUT2D eigenvalue weighted by Crippen LogP contribution is -2.25. The summed E-state index contributed by atoms with van der Waals surface area (Å²) in [5.74, 6) is -0.637. The summed E-state index contributed by atoms with van der Waals surface area (Å²) < 4.78 is 0. The predicted molar refractivity (Wildman–Crippen MR) is 60.6 cm³/mol. The molecule has 3 nitrogen and oxygen atoms in total. The molecule has 0 amide bonds. The first-order valence-electron chi connectivity index (χ1n) is 5.35. The second-order valence-electron chi connectivity index (χ2n) is 5.27. The van der Waals surface area contributed by atoms with Crippen LogP contribution in [0.25, 0.3) is 0 Å². The van der Waals surface area contributed by atoms with Gasteiger partial charge in [0.15, 0.2) is 0 Å². The molecule has 86 valence electrons. The van der Waals surface area contributed by atoms with Crippen molar-refractivity contribution < 1.29 is 15.0 Å². The maximum absolute atomic E-state index is 11.4. The number of carboxylic acids is 1. The summed E-state index contributed by atoms with van der Waals surface area (Å²) in [6, 6.07) is 5.15. The molecule has 2 rings (SSSR count). The number of carboxylic acid groups (broad SMARTS) is 1. The largest absolute Gasteiger partial charge is 0.508 e. The van der Waals surface area contributed by atoms with E-state index in [4.69, 9.17) is 0 Å². The summed E-state index contributed by atoms with van der Waals surface area (Å²) in [7, 11) is 0. The summed E-state index contributed by atoms with van der Waals surface area (Å²) in [4.78, 5) is 11.4. The van der Waals surface area contributed by atoms with Gasteiger partial charge in [0, 0.05) is 0 Å². The monoisotopic (exact) mass is 220 g/mol. The highest BCUT2D eigenvalue weighted by molar-refractivity contribution is 5.87. The smallest absolute Gasteiger partial charge is 0.314 e. The van der Waals surface area contributed by atoms with Gasteiger partial charge in [-0.2, -0.15) is 0 Å². The van der Waals surface area contributed by atoms with Crippen molar-refractivity contribution in [1.29, 1.82) is 0 Å². The molecule has 1 unspecified atom stereocenters. The minimum absolute atomic E-state index is 0.167. The molecular formula is C13H16O3. The Morgan fingerprint density at radius 1 is 1.38 bits per heavy atom. The van der Waals surface area contributed by atoms with E-state index in [-0.39, 0.29) is 11.2 Å². The molecule has 1 atom stereocenters. The minimum Gasteiger partial charge on any atom is -0.508 e. The van der Waals surface area contributed by atoms with Crippen LogP contribution in [0.3, 0.4) is 0 Å². The zero-order chi connectivity index (χ0) is 12.1. The lowest BCUT2D eigenvalue weighted by atomic mass is 9.87. The number of hydrogen-bond donors (Lipinski definition) is 2. The van der Waals surface area contributed by atoms with Crippen molar-refractivity contribution in [3.63, 3.8) is 0 Å². The van der Waals surface area contributed by atoms with Crippen molar-refractivity contribution in [2.75, 3.05) is 0 Å². The van der Waals surface area contributed by atoms with Crippen LogP contribution in [0.4, 0.5) is 0 Å². The summed E-state index contributed by atoms with van der Waals surface area (Å²) in [6.45, 7) is 5.68. The van der Waals surface area contributed by atoms with Gasteiger partial charge in [0.2, 0.25) is 0 Å². The van der Waals surface area contributed by atoms with E-state index in [0.29, 0.717) is 12.0 Å². The third-order valence-corrected chi connectivity index (χ3v) is 3.80. The molecule has 1 aromatic carbocycles. The zero-order valence-electron chi connectivity index (χ0n) is 9.74. The summed E-state index contributed by atoms with van der Waals surface area (Å²) >= 11 is 0. The number of hydrogen-bond acceptors (Lipinski definition) is 2. The molecule has 0 saturated heterocycles. The normalized spacial score (nSPS) is 26.4. The van der Waals surface area contributed by atoms with E-state index < -0.39 is 11.4 Å². The molecule has 0 heterocycles. The van der Waals surface area contributed by atoms with Crippen LogP contribution in [-0.2, 0) is 10.2 Å². The lowest BCUT2D eigenvalue weighted by Gasteiger charge is -2.16. The number of phenolic OH excluding ortho intramolecular Hbond substituents is 1. The molecule has 16 heavy (non-hydrogen) atoms. The Labute approximate surface area is 94.7 Å². The van der Waals surface area contributed by atoms with Gasteiger partial charge in [0.05, 0.1) is 5.41 Å². The van der Waals surface area contributed by atoms with E-state index in [1.165, 1.54) is 0 Å². The molecule has 1 saturated carbocycles. The van der Waals surface area contributed by atoms with E-state index >= 15 is 0 Å². The lowest BCUT2D eigenvalue weighted by molar-refractivity contribution is -0.141. The van der Waals surface area contributed by atoms with Gasteiger partial charge in [-0.25, -0.2) is 0 Å². The molecular weight excluding hydrogens is 204 g/mol. The van der Waals surface area contributed by atoms with Crippen molar-refractivity contribution in [3.8, 4) is 5.75 Å². The number of aromatic hydroxyl groups is 1. The molecule has 1 aliphatic rings. The van der Waals surface area contributed by atoms with Gasteiger partial charge in [-0.3, -0.25) is 4.79 Å². The molecule has 0 spiro atoms. The Balaban J connectivity index is 2.51. The Morgan fingerprint density at radius 3 is 2.31 bits per heavy atom. The fraction of sp³-hybridized carbons (Fsp3) is 0.462. The first kappa shape index (κ1) is 11.0. The van der Waals surface area contributed by atoms with Crippen LogP contribution in [-0.4, -0.2) is 16.2 Å². The number of rotatable bonds is 2. The number of phenols is 1. The number of aryl methyl sites for hydroxylation is 1. The SMILES string of the molecule is Cc1ccc(C2(C(=O)O)CC2(C)C)cc1O. The van der Waals surface area contributed by atoms with E-state index in [1.807, 2.05) is 13.8 Å². The third kappa shape index (κ3) is 1.24. The highest BCUT2D eigenvalue weighted by Crippen LogP contribution is 2.64. The molecule has 0 bridgehead atoms. The first-order chi connectivity index (χ1) is 7.31. The number of benzene rings is 1. The second-order valence-corrected chi connectivity index (χ2v) is 5.27. The number of aliphatic carboxylic acids is 1. The van der Waals surface area contributed by atoms with E-state index in [0.717, 1.165) is 5.56 Å². The molecule has 2 N–H and O–H groups in total. The van der Waals surface area contributed by atoms with Crippen molar-refractivity contribution in [2.45, 2.75) is 32.6 Å². The number of carbonyl (C=O) groups is 1. The van der Waals surface area contributed by atoms with Crippen LogP contribution >= 0.6 is 0 Å². The highest BCUT2D eigenvalue weighted by atomic mass is 16.4. The summed E-state index contributed by atoms with van der Waals surface area (Å²) in [6.07, 6.45) is 0.623. The van der Waals surface area contributed by atoms with E-state index in [2.05, 4.69) is 0 Å². The van der Waals surface area contributed by atoms with Crippen LogP contribution in [0.2, 0.25) is 0 Å². The minimum atomic E-state index is -0.821. The summed E-state index contributed by atoms with van der Waals surface area (Å²) in [5.41, 5.74) is 0.412. The first-order valence-corrected chi connectivity index (χ1v) is 5.35. The Kier molecular flexibility index (Phi) is 2.06. The Bertz CT molecular complexity index is 462. The van der Waals surface area contributed by atoms with Crippen LogP contribution in [0.5, 0.6) is 5.75 Å². The van der Waals surface area contributed by atoms with Crippen LogP contribution in [0, 0.1) is 12.3 Å². The summed E-state index contributed by atoms with van der Waals surface area (Å²) in [5, 5.41) is 19.0. The van der Waals surface area contributed by atoms with Crippen molar-refractivity contribution in [3.05, 3.63) is 29.3 Å². The fourth-order valence-electron chi connectivity index (χ4n) is 2.47. The maximum Gasteiger partial charge on any atom is 0.314 e. The average molecular weight is 220 g/mol. The van der Waals surface area contributed by atoms with Gasteiger partial charge in [-0.1, -0.05) is 26.0 Å². The molecule has 3 heteroatoms. The topological polar surface area (TPSA) is 57.5 Å². The van der Waals surface area contributed by atoms with Crippen LogP contribution in [0.15, 0.2) is 18.2 Å². The molecule has 1 aromatic rings. The van der Waals surface area contributed by atoms with Crippen LogP contribution < -0.4 is 0 Å². The second kappa shape index (κ2) is 3.00. The predicted octanol–water partition coefficient (Wildman–Crippen LogP) is 2.45. The van der Waals surface area contributed by atoms with Crippen LogP contribution in [0.1, 0.15) is 31.4 Å². The maximum atomic E-state index is 11.4. The molecule has 0 radical (unpaired) electrons. The quantitative estimate of drug-likeness (QED) is 0.804. The van der Waals surface area contributed by atoms with Gasteiger partial charge >= 0.3 is 5.97 Å².